The summed E-state index contributed by atoms with van der Waals surface area (Å²) < 4.78 is 9.91. The Labute approximate surface area is 124 Å². The Morgan fingerprint density at radius 1 is 1.24 bits per heavy atom. The van der Waals surface area contributed by atoms with Gasteiger partial charge in [0.1, 0.15) is 6.61 Å². The molecule has 0 heterocycles. The molecule has 0 amide bonds. The summed E-state index contributed by atoms with van der Waals surface area (Å²) in [4.78, 5) is 0. The van der Waals surface area contributed by atoms with Gasteiger partial charge in [-0.2, -0.15) is 0 Å². The second-order valence-corrected chi connectivity index (χ2v) is 10.4. The van der Waals surface area contributed by atoms with Crippen LogP contribution in [0.4, 0.5) is 0 Å². The van der Waals surface area contributed by atoms with Crippen molar-refractivity contribution < 1.29 is 9.05 Å². The number of alkyl halides is 3. The van der Waals surface area contributed by atoms with Crippen LogP contribution < -0.4 is 0 Å². The van der Waals surface area contributed by atoms with Gasteiger partial charge in [0.2, 0.25) is 3.79 Å². The molecule has 0 saturated carbocycles. The van der Waals surface area contributed by atoms with Gasteiger partial charge in [0.15, 0.2) is 6.49 Å². The molecule has 17 heavy (non-hydrogen) atoms. The number of rotatable bonds is 8. The fourth-order valence-electron chi connectivity index (χ4n) is 1.01. The number of hydrogen-bond donors (Lipinski definition) is 0. The van der Waals surface area contributed by atoms with Gasteiger partial charge in [0, 0.05) is 5.66 Å². The molecule has 104 valence electrons. The van der Waals surface area contributed by atoms with Crippen LogP contribution in [0.15, 0.2) is 0 Å². The smallest absolute Gasteiger partial charge is 0.213 e. The molecule has 0 aliphatic heterocycles. The molecular weight excluding hydrogens is 322 g/mol. The fraction of sp³-hybridized carbons (Fsp3) is 1.00. The van der Waals surface area contributed by atoms with Crippen LogP contribution in [-0.4, -0.2) is 22.7 Å². The molecule has 0 bridgehead atoms. The van der Waals surface area contributed by atoms with Crippen LogP contribution in [0.3, 0.4) is 0 Å². The van der Waals surface area contributed by atoms with Gasteiger partial charge in [-0.15, -0.1) is 0 Å². The Morgan fingerprint density at radius 3 is 2.24 bits per heavy atom. The first-order valence-electron chi connectivity index (χ1n) is 5.70. The molecule has 2 unspecified atom stereocenters. The molecule has 2 atom stereocenters. The maximum atomic E-state index is 5.75. The third kappa shape index (κ3) is 8.26. The summed E-state index contributed by atoms with van der Waals surface area (Å²) in [5.74, 6) is 0. The summed E-state index contributed by atoms with van der Waals surface area (Å²) in [6, 6.07) is 0. The zero-order valence-electron chi connectivity index (χ0n) is 10.4. The van der Waals surface area contributed by atoms with Crippen molar-refractivity contribution in [3.05, 3.63) is 0 Å². The Hall–Kier alpha value is 1.44. The van der Waals surface area contributed by atoms with Crippen LogP contribution in [0.1, 0.15) is 40.0 Å². The van der Waals surface area contributed by atoms with Gasteiger partial charge in [-0.05, 0) is 24.6 Å². The standard InChI is InChI=1S/C10H20Cl3O2PS/c1-4-6-7-14-16(17,9(3)5-2)15-8-10(11,12)13/h9H,4-8H2,1-3H3. The van der Waals surface area contributed by atoms with Crippen molar-refractivity contribution in [3.8, 4) is 0 Å². The molecule has 0 N–H and O–H groups in total. The molecule has 0 saturated heterocycles. The number of unbranched alkanes of at least 4 members (excludes halogenated alkanes) is 1. The van der Waals surface area contributed by atoms with Crippen LogP contribution in [0.2, 0.25) is 0 Å². The first kappa shape index (κ1) is 18.4. The lowest BCUT2D eigenvalue weighted by atomic mass is 10.4. The first-order chi connectivity index (χ1) is 7.75. The molecule has 0 aromatic heterocycles. The summed E-state index contributed by atoms with van der Waals surface area (Å²) in [6.45, 7) is 4.39. The van der Waals surface area contributed by atoms with Crippen LogP contribution in [-0.2, 0) is 20.9 Å². The predicted octanol–water partition coefficient (Wildman–Crippen LogP) is 5.30. The van der Waals surface area contributed by atoms with Gasteiger partial charge in [-0.25, -0.2) is 0 Å². The molecule has 0 rings (SSSR count). The minimum absolute atomic E-state index is 0.0224. The van der Waals surface area contributed by atoms with E-state index < -0.39 is 10.3 Å². The maximum absolute atomic E-state index is 5.75. The van der Waals surface area contributed by atoms with E-state index in [0.29, 0.717) is 6.61 Å². The van der Waals surface area contributed by atoms with E-state index in [-0.39, 0.29) is 12.3 Å². The minimum atomic E-state index is -2.36. The van der Waals surface area contributed by atoms with Gasteiger partial charge in [0.05, 0.1) is 6.61 Å². The van der Waals surface area contributed by atoms with E-state index in [9.17, 15) is 0 Å². The Kier molecular flexibility index (Phi) is 9.31. The van der Waals surface area contributed by atoms with E-state index in [0.717, 1.165) is 19.3 Å². The van der Waals surface area contributed by atoms with E-state index in [4.69, 9.17) is 55.7 Å². The fourth-order valence-corrected chi connectivity index (χ4v) is 4.02. The Balaban J connectivity index is 4.45. The highest BCUT2D eigenvalue weighted by molar-refractivity contribution is 8.10. The molecule has 2 nitrogen and oxygen atoms in total. The van der Waals surface area contributed by atoms with Crippen molar-refractivity contribution in [1.29, 1.82) is 0 Å². The lowest BCUT2D eigenvalue weighted by molar-refractivity contribution is 0.240. The molecule has 0 fully saturated rings. The summed E-state index contributed by atoms with van der Waals surface area (Å²) in [5, 5.41) is 0. The SMILES string of the molecule is CCCCOP(=S)(OCC(Cl)(Cl)Cl)C(C)CC. The van der Waals surface area contributed by atoms with Crippen molar-refractivity contribution in [2.75, 3.05) is 13.2 Å². The van der Waals surface area contributed by atoms with Gasteiger partial charge in [0.25, 0.3) is 0 Å². The lowest BCUT2D eigenvalue weighted by Gasteiger charge is -2.28. The zero-order valence-corrected chi connectivity index (χ0v) is 14.4. The maximum Gasteiger partial charge on any atom is 0.213 e. The van der Waals surface area contributed by atoms with Crippen molar-refractivity contribution in [2.45, 2.75) is 49.5 Å². The highest BCUT2D eigenvalue weighted by atomic mass is 35.6. The summed E-state index contributed by atoms with van der Waals surface area (Å²) >= 11 is 22.5. The molecule has 0 aliphatic rings. The third-order valence-electron chi connectivity index (χ3n) is 2.31. The van der Waals surface area contributed by atoms with Crippen LogP contribution in [0.25, 0.3) is 0 Å². The van der Waals surface area contributed by atoms with Gasteiger partial charge in [-0.3, -0.25) is 0 Å². The monoisotopic (exact) mass is 340 g/mol. The molecule has 0 aromatic carbocycles. The van der Waals surface area contributed by atoms with Crippen molar-refractivity contribution in [3.63, 3.8) is 0 Å². The molecule has 7 heteroatoms. The second-order valence-electron chi connectivity index (χ2n) is 3.87. The van der Waals surface area contributed by atoms with Crippen molar-refractivity contribution in [2.24, 2.45) is 0 Å². The molecule has 0 aromatic rings. The van der Waals surface area contributed by atoms with Crippen molar-refractivity contribution >= 4 is 53.1 Å². The van der Waals surface area contributed by atoms with E-state index in [1.807, 2.05) is 13.8 Å². The number of halogens is 3. The van der Waals surface area contributed by atoms with E-state index >= 15 is 0 Å². The normalized spacial score (nSPS) is 17.8. The summed E-state index contributed by atoms with van der Waals surface area (Å²) in [5.41, 5.74) is 0.168. The highest BCUT2D eigenvalue weighted by Crippen LogP contribution is 2.55. The third-order valence-corrected chi connectivity index (χ3v) is 6.82. The average molecular weight is 342 g/mol. The van der Waals surface area contributed by atoms with E-state index in [1.165, 1.54) is 0 Å². The molecule has 0 radical (unpaired) electrons. The Morgan fingerprint density at radius 2 is 1.82 bits per heavy atom. The first-order valence-corrected chi connectivity index (χ1v) is 9.54. The van der Waals surface area contributed by atoms with Gasteiger partial charge < -0.3 is 9.05 Å². The molecule has 0 spiro atoms. The lowest BCUT2D eigenvalue weighted by Crippen LogP contribution is -2.16. The predicted molar refractivity (Wildman–Crippen MR) is 81.1 cm³/mol. The van der Waals surface area contributed by atoms with Gasteiger partial charge >= 0.3 is 0 Å². The van der Waals surface area contributed by atoms with Crippen LogP contribution in [0, 0.1) is 0 Å². The minimum Gasteiger partial charge on any atom is -0.329 e. The van der Waals surface area contributed by atoms with Gasteiger partial charge in [-0.1, -0.05) is 62.0 Å². The zero-order chi connectivity index (χ0) is 13.5. The summed E-state index contributed by atoms with van der Waals surface area (Å²) in [6.07, 6.45) is 2.91. The topological polar surface area (TPSA) is 18.5 Å². The Bertz CT molecular complexity index is 258. The van der Waals surface area contributed by atoms with Crippen LogP contribution in [0.5, 0.6) is 0 Å². The van der Waals surface area contributed by atoms with Crippen molar-refractivity contribution in [1.82, 2.24) is 0 Å². The van der Waals surface area contributed by atoms with E-state index in [1.54, 1.807) is 0 Å². The second kappa shape index (κ2) is 8.58. The molecular formula is C10H20Cl3O2PS. The average Bonchev–Trinajstić information content (AvgIpc) is 2.25. The highest BCUT2D eigenvalue weighted by Gasteiger charge is 2.30. The van der Waals surface area contributed by atoms with Crippen LogP contribution >= 0.6 is 41.3 Å². The molecule has 0 aliphatic carbocycles. The quantitative estimate of drug-likeness (QED) is 0.339. The summed E-state index contributed by atoms with van der Waals surface area (Å²) in [7, 11) is 0. The van der Waals surface area contributed by atoms with E-state index in [2.05, 4.69) is 6.92 Å². The largest absolute Gasteiger partial charge is 0.329 e. The number of hydrogen-bond acceptors (Lipinski definition) is 3.